The zero-order chi connectivity index (χ0) is 18.4. The molecule has 2 aromatic rings. The maximum absolute atomic E-state index is 11.1. The molecule has 1 fully saturated rings. The van der Waals surface area contributed by atoms with E-state index in [-0.39, 0.29) is 6.61 Å². The van der Waals surface area contributed by atoms with Crippen molar-refractivity contribution >= 4 is 5.97 Å². The highest BCUT2D eigenvalue weighted by Gasteiger charge is 2.22. The van der Waals surface area contributed by atoms with Crippen molar-refractivity contribution in [3.8, 4) is 5.75 Å². The van der Waals surface area contributed by atoms with Crippen molar-refractivity contribution in [1.82, 2.24) is 4.90 Å². The highest BCUT2D eigenvalue weighted by atomic mass is 16.5. The molecule has 138 valence electrons. The molecule has 0 aliphatic carbocycles. The Hall–Kier alpha value is -2.37. The average Bonchev–Trinajstić information content (AvgIpc) is 3.08. The molecule has 5 nitrogen and oxygen atoms in total. The summed E-state index contributed by atoms with van der Waals surface area (Å²) >= 11 is 0. The predicted octanol–water partition coefficient (Wildman–Crippen LogP) is 2.82. The van der Waals surface area contributed by atoms with Crippen LogP contribution in [0.25, 0.3) is 0 Å². The SMILES string of the molecule is O=C(O)c1cccc(CC2CCN(Cc3ccc(OCCO)cc3)C2)c1. The number of carboxylic acids is 1. The fourth-order valence-corrected chi connectivity index (χ4v) is 3.50. The Labute approximate surface area is 153 Å². The molecule has 1 unspecified atom stereocenters. The van der Waals surface area contributed by atoms with Gasteiger partial charge in [0.05, 0.1) is 12.2 Å². The van der Waals surface area contributed by atoms with E-state index in [2.05, 4.69) is 17.0 Å². The molecule has 1 atom stereocenters. The average molecular weight is 355 g/mol. The van der Waals surface area contributed by atoms with Crippen LogP contribution in [-0.2, 0) is 13.0 Å². The van der Waals surface area contributed by atoms with E-state index >= 15 is 0 Å². The first-order valence-corrected chi connectivity index (χ1v) is 9.01. The highest BCUT2D eigenvalue weighted by Crippen LogP contribution is 2.23. The Kier molecular flexibility index (Phi) is 6.26. The Morgan fingerprint density at radius 2 is 1.96 bits per heavy atom. The summed E-state index contributed by atoms with van der Waals surface area (Å²) in [6, 6.07) is 15.3. The minimum Gasteiger partial charge on any atom is -0.491 e. The molecular formula is C21H25NO4. The number of aromatic carboxylic acids is 1. The Balaban J connectivity index is 1.51. The Morgan fingerprint density at radius 1 is 1.15 bits per heavy atom. The molecule has 2 N–H and O–H groups in total. The van der Waals surface area contributed by atoms with Gasteiger partial charge >= 0.3 is 5.97 Å². The lowest BCUT2D eigenvalue weighted by Gasteiger charge is -2.16. The topological polar surface area (TPSA) is 70.0 Å². The van der Waals surface area contributed by atoms with Gasteiger partial charge in [-0.2, -0.15) is 0 Å². The van der Waals surface area contributed by atoms with E-state index in [1.54, 1.807) is 12.1 Å². The second-order valence-electron chi connectivity index (χ2n) is 6.82. The first kappa shape index (κ1) is 18.4. The van der Waals surface area contributed by atoms with E-state index in [4.69, 9.17) is 14.9 Å². The summed E-state index contributed by atoms with van der Waals surface area (Å²) in [4.78, 5) is 13.5. The second kappa shape index (κ2) is 8.83. The minimum absolute atomic E-state index is 0.0201. The van der Waals surface area contributed by atoms with E-state index in [9.17, 15) is 4.79 Å². The zero-order valence-electron chi connectivity index (χ0n) is 14.8. The molecule has 0 amide bonds. The van der Waals surface area contributed by atoms with Crippen LogP contribution in [0.15, 0.2) is 48.5 Å². The quantitative estimate of drug-likeness (QED) is 0.762. The van der Waals surface area contributed by atoms with Crippen molar-refractivity contribution in [3.63, 3.8) is 0 Å². The van der Waals surface area contributed by atoms with Gasteiger partial charge in [-0.1, -0.05) is 24.3 Å². The lowest BCUT2D eigenvalue weighted by atomic mass is 9.97. The van der Waals surface area contributed by atoms with Gasteiger partial charge in [-0.15, -0.1) is 0 Å². The van der Waals surface area contributed by atoms with Gasteiger partial charge in [0.15, 0.2) is 0 Å². The number of aliphatic hydroxyl groups is 1. The minimum atomic E-state index is -0.869. The fourth-order valence-electron chi connectivity index (χ4n) is 3.50. The lowest BCUT2D eigenvalue weighted by Crippen LogP contribution is -2.20. The van der Waals surface area contributed by atoms with Crippen LogP contribution in [0.5, 0.6) is 5.75 Å². The van der Waals surface area contributed by atoms with Gasteiger partial charge in [-0.3, -0.25) is 4.90 Å². The lowest BCUT2D eigenvalue weighted by molar-refractivity contribution is 0.0696. The van der Waals surface area contributed by atoms with Crippen molar-refractivity contribution < 1.29 is 19.7 Å². The predicted molar refractivity (Wildman–Crippen MR) is 99.5 cm³/mol. The van der Waals surface area contributed by atoms with Gasteiger partial charge < -0.3 is 14.9 Å². The highest BCUT2D eigenvalue weighted by molar-refractivity contribution is 5.87. The number of hydrogen-bond donors (Lipinski definition) is 2. The van der Waals surface area contributed by atoms with Crippen molar-refractivity contribution in [2.45, 2.75) is 19.4 Å². The molecule has 26 heavy (non-hydrogen) atoms. The standard InChI is InChI=1S/C21H25NO4/c23-10-11-26-20-6-4-16(5-7-20)14-22-9-8-18(15-22)12-17-2-1-3-19(13-17)21(24)25/h1-7,13,18,23H,8-12,14-15H2,(H,24,25). The number of ether oxygens (including phenoxy) is 1. The fraction of sp³-hybridized carbons (Fsp3) is 0.381. The van der Waals surface area contributed by atoms with E-state index in [1.807, 2.05) is 24.3 Å². The number of carboxylic acid groups (broad SMARTS) is 1. The molecule has 1 aliphatic rings. The third kappa shape index (κ3) is 5.07. The van der Waals surface area contributed by atoms with Crippen LogP contribution in [0.2, 0.25) is 0 Å². The smallest absolute Gasteiger partial charge is 0.335 e. The first-order chi connectivity index (χ1) is 12.6. The van der Waals surface area contributed by atoms with Crippen LogP contribution in [-0.4, -0.2) is 47.4 Å². The van der Waals surface area contributed by atoms with Crippen LogP contribution >= 0.6 is 0 Å². The van der Waals surface area contributed by atoms with Crippen LogP contribution in [0.1, 0.15) is 27.9 Å². The summed E-state index contributed by atoms with van der Waals surface area (Å²) in [6.07, 6.45) is 2.06. The monoisotopic (exact) mass is 355 g/mol. The van der Waals surface area contributed by atoms with Crippen molar-refractivity contribution in [3.05, 3.63) is 65.2 Å². The van der Waals surface area contributed by atoms with Crippen molar-refractivity contribution in [1.29, 1.82) is 0 Å². The molecule has 0 aromatic heterocycles. The molecule has 2 aromatic carbocycles. The van der Waals surface area contributed by atoms with E-state index in [0.29, 0.717) is 18.1 Å². The number of nitrogens with zero attached hydrogens (tertiary/aromatic N) is 1. The van der Waals surface area contributed by atoms with Gasteiger partial charge in [-0.05, 0) is 60.7 Å². The third-order valence-corrected chi connectivity index (χ3v) is 4.76. The Morgan fingerprint density at radius 3 is 2.69 bits per heavy atom. The molecule has 5 heteroatoms. The molecular weight excluding hydrogens is 330 g/mol. The molecule has 0 radical (unpaired) electrons. The van der Waals surface area contributed by atoms with E-state index in [0.717, 1.165) is 43.8 Å². The maximum atomic E-state index is 11.1. The largest absolute Gasteiger partial charge is 0.491 e. The molecule has 0 bridgehead atoms. The van der Waals surface area contributed by atoms with Crippen LogP contribution in [0.3, 0.4) is 0 Å². The normalized spacial score (nSPS) is 17.3. The first-order valence-electron chi connectivity index (χ1n) is 9.01. The molecule has 1 saturated heterocycles. The molecule has 0 saturated carbocycles. The summed E-state index contributed by atoms with van der Waals surface area (Å²) in [5.41, 5.74) is 2.71. The number of likely N-dealkylation sites (tertiary alicyclic amines) is 1. The van der Waals surface area contributed by atoms with Gasteiger partial charge in [0.1, 0.15) is 12.4 Å². The van der Waals surface area contributed by atoms with Crippen LogP contribution < -0.4 is 4.74 Å². The zero-order valence-corrected chi connectivity index (χ0v) is 14.8. The summed E-state index contributed by atoms with van der Waals surface area (Å²) < 4.78 is 5.38. The summed E-state index contributed by atoms with van der Waals surface area (Å²) in [5.74, 6) is 0.470. The van der Waals surface area contributed by atoms with Gasteiger partial charge in [-0.25, -0.2) is 4.79 Å². The number of carbonyl (C=O) groups is 1. The van der Waals surface area contributed by atoms with Gasteiger partial charge in [0, 0.05) is 13.1 Å². The van der Waals surface area contributed by atoms with Crippen molar-refractivity contribution in [2.24, 2.45) is 5.92 Å². The summed E-state index contributed by atoms with van der Waals surface area (Å²) in [5, 5.41) is 17.9. The van der Waals surface area contributed by atoms with Crippen LogP contribution in [0, 0.1) is 5.92 Å². The number of hydrogen-bond acceptors (Lipinski definition) is 4. The molecule has 3 rings (SSSR count). The summed E-state index contributed by atoms with van der Waals surface area (Å²) in [6.45, 7) is 3.33. The van der Waals surface area contributed by atoms with E-state index < -0.39 is 5.97 Å². The van der Waals surface area contributed by atoms with Gasteiger partial charge in [0.25, 0.3) is 0 Å². The van der Waals surface area contributed by atoms with E-state index in [1.165, 1.54) is 5.56 Å². The maximum Gasteiger partial charge on any atom is 0.335 e. The van der Waals surface area contributed by atoms with Gasteiger partial charge in [0.2, 0.25) is 0 Å². The molecule has 1 heterocycles. The number of benzene rings is 2. The Bertz CT molecular complexity index is 729. The molecule has 1 aliphatic heterocycles. The number of aliphatic hydroxyl groups excluding tert-OH is 1. The summed E-state index contributed by atoms with van der Waals surface area (Å²) in [7, 11) is 0. The third-order valence-electron chi connectivity index (χ3n) is 4.76. The van der Waals surface area contributed by atoms with Crippen molar-refractivity contribution in [2.75, 3.05) is 26.3 Å². The van der Waals surface area contributed by atoms with Crippen LogP contribution in [0.4, 0.5) is 0 Å². The second-order valence-corrected chi connectivity index (χ2v) is 6.82. The molecule has 0 spiro atoms. The number of rotatable bonds is 8.